The Hall–Kier alpha value is -5.78. The number of benzene rings is 4. The zero-order valence-corrected chi connectivity index (χ0v) is 34.9. The molecule has 3 aliphatic rings. The molecule has 13 heteroatoms. The summed E-state index contributed by atoms with van der Waals surface area (Å²) in [5.74, 6) is 0.0639. The van der Waals surface area contributed by atoms with Crippen LogP contribution in [0.2, 0.25) is 10.0 Å². The molecule has 3 atom stereocenters. The minimum atomic E-state index is -1.21. The molecule has 0 bridgehead atoms. The van der Waals surface area contributed by atoms with Crippen LogP contribution in [0.5, 0.6) is 17.2 Å². The number of hydrogen-bond acceptors (Lipinski definition) is 7. The molecule has 1 aromatic heterocycles. The van der Waals surface area contributed by atoms with E-state index in [4.69, 9.17) is 37.4 Å². The lowest BCUT2D eigenvalue weighted by Crippen LogP contribution is -2.58. The predicted octanol–water partition coefficient (Wildman–Crippen LogP) is 8.95. The zero-order chi connectivity index (χ0) is 41.9. The first-order valence-corrected chi connectivity index (χ1v) is 21.0. The smallest absolute Gasteiger partial charge is 0.326 e. The summed E-state index contributed by atoms with van der Waals surface area (Å²) in [5, 5.41) is 17.1. The van der Waals surface area contributed by atoms with Crippen LogP contribution in [0.4, 0.5) is 4.79 Å². The van der Waals surface area contributed by atoms with E-state index in [1.165, 1.54) is 4.90 Å². The van der Waals surface area contributed by atoms with E-state index in [1.54, 1.807) is 18.3 Å². The van der Waals surface area contributed by atoms with Crippen molar-refractivity contribution in [3.8, 4) is 28.4 Å². The van der Waals surface area contributed by atoms with Crippen LogP contribution in [0.1, 0.15) is 70.9 Å². The SMILES string of the molecule is Cc1nccc(-c2ccc(C[C@H](NC(=O)[C@@H]3Cc4cc5c(cc4CN3C(=O)NC3CCCC3)O[C@@H](c3ccc(OCc4ccc(Cl)c(Cl)c4)cc3)CO5)C(=O)O)cc2)c1C. The van der Waals surface area contributed by atoms with E-state index in [2.05, 4.69) is 15.6 Å². The van der Waals surface area contributed by atoms with Gasteiger partial charge in [0.05, 0.1) is 10.0 Å². The lowest BCUT2D eigenvalue weighted by atomic mass is 9.92. The van der Waals surface area contributed by atoms with Crippen molar-refractivity contribution in [2.45, 2.75) is 89.8 Å². The normalized spacial score (nSPS) is 17.7. The van der Waals surface area contributed by atoms with E-state index < -0.39 is 30.1 Å². The molecule has 310 valence electrons. The number of urea groups is 1. The highest BCUT2D eigenvalue weighted by Crippen LogP contribution is 2.41. The molecule has 8 rings (SSSR count). The van der Waals surface area contributed by atoms with E-state index in [0.717, 1.165) is 75.9 Å². The minimum absolute atomic E-state index is 0.0194. The van der Waals surface area contributed by atoms with Crippen LogP contribution in [0.25, 0.3) is 11.1 Å². The first-order chi connectivity index (χ1) is 29.0. The Morgan fingerprint density at radius 1 is 0.900 bits per heavy atom. The van der Waals surface area contributed by atoms with Crippen molar-refractivity contribution >= 4 is 41.1 Å². The molecule has 3 N–H and O–H groups in total. The van der Waals surface area contributed by atoms with Gasteiger partial charge >= 0.3 is 12.0 Å². The maximum Gasteiger partial charge on any atom is 0.326 e. The van der Waals surface area contributed by atoms with Gasteiger partial charge in [-0.1, -0.05) is 78.5 Å². The van der Waals surface area contributed by atoms with Gasteiger partial charge < -0.3 is 34.9 Å². The van der Waals surface area contributed by atoms with Crippen molar-refractivity contribution in [1.82, 2.24) is 20.5 Å². The second-order valence-electron chi connectivity index (χ2n) is 15.7. The van der Waals surface area contributed by atoms with E-state index in [1.807, 2.05) is 86.6 Å². The number of ether oxygens (including phenoxy) is 3. The van der Waals surface area contributed by atoms with Crippen LogP contribution < -0.4 is 24.8 Å². The molecule has 60 heavy (non-hydrogen) atoms. The molecule has 1 fully saturated rings. The summed E-state index contributed by atoms with van der Waals surface area (Å²) in [6.07, 6.45) is 5.43. The maximum absolute atomic E-state index is 14.1. The Balaban J connectivity index is 0.964. The second-order valence-corrected chi connectivity index (χ2v) is 16.6. The highest BCUT2D eigenvalue weighted by atomic mass is 35.5. The first-order valence-electron chi connectivity index (χ1n) is 20.2. The summed E-state index contributed by atoms with van der Waals surface area (Å²) in [4.78, 5) is 46.5. The number of rotatable bonds is 11. The Bertz CT molecular complexity index is 2400. The molecule has 0 unspecified atom stereocenters. The lowest BCUT2D eigenvalue weighted by molar-refractivity contribution is -0.142. The highest BCUT2D eigenvalue weighted by Gasteiger charge is 2.38. The summed E-state index contributed by atoms with van der Waals surface area (Å²) in [6.45, 7) is 4.71. The number of carbonyl (C=O) groups excluding carboxylic acids is 2. The largest absolute Gasteiger partial charge is 0.489 e. The topological polar surface area (TPSA) is 139 Å². The van der Waals surface area contributed by atoms with Gasteiger partial charge in [0, 0.05) is 37.3 Å². The molecule has 0 radical (unpaired) electrons. The van der Waals surface area contributed by atoms with Crippen LogP contribution in [0.3, 0.4) is 0 Å². The van der Waals surface area contributed by atoms with Crippen molar-refractivity contribution < 1.29 is 33.7 Å². The zero-order valence-electron chi connectivity index (χ0n) is 33.4. The number of fused-ring (bicyclic) bond motifs is 2. The fraction of sp³-hybridized carbons (Fsp3) is 0.319. The Morgan fingerprint density at radius 3 is 2.37 bits per heavy atom. The molecule has 1 aliphatic carbocycles. The van der Waals surface area contributed by atoms with Gasteiger partial charge in [-0.15, -0.1) is 0 Å². The van der Waals surface area contributed by atoms with Gasteiger partial charge in [0.2, 0.25) is 5.91 Å². The van der Waals surface area contributed by atoms with Gasteiger partial charge in [-0.25, -0.2) is 9.59 Å². The number of hydrogen-bond donors (Lipinski definition) is 3. The summed E-state index contributed by atoms with van der Waals surface area (Å²) in [5.41, 5.74) is 8.27. The van der Waals surface area contributed by atoms with E-state index in [0.29, 0.717) is 33.9 Å². The summed E-state index contributed by atoms with van der Waals surface area (Å²) < 4.78 is 18.7. The summed E-state index contributed by atoms with van der Waals surface area (Å²) >= 11 is 12.2. The molecule has 4 aromatic carbocycles. The molecular formula is C47H46Cl2N4O7. The van der Waals surface area contributed by atoms with Crippen LogP contribution in [0, 0.1) is 13.8 Å². The quantitative estimate of drug-likeness (QED) is 0.120. The number of pyridine rings is 1. The summed E-state index contributed by atoms with van der Waals surface area (Å²) in [6, 6.07) is 23.9. The molecule has 11 nitrogen and oxygen atoms in total. The van der Waals surface area contributed by atoms with Crippen LogP contribution in [-0.2, 0) is 35.6 Å². The third kappa shape index (κ3) is 9.17. The van der Waals surface area contributed by atoms with Crippen molar-refractivity contribution in [2.75, 3.05) is 6.61 Å². The molecule has 3 amide bonds. The van der Waals surface area contributed by atoms with Gasteiger partial charge in [-0.05, 0) is 114 Å². The molecule has 0 saturated heterocycles. The van der Waals surface area contributed by atoms with Gasteiger partial charge in [-0.2, -0.15) is 0 Å². The highest BCUT2D eigenvalue weighted by molar-refractivity contribution is 6.42. The van der Waals surface area contributed by atoms with Gasteiger partial charge in [0.1, 0.15) is 31.0 Å². The molecule has 2 aliphatic heterocycles. The number of carboxylic acids is 1. The summed E-state index contributed by atoms with van der Waals surface area (Å²) in [7, 11) is 0. The van der Waals surface area contributed by atoms with E-state index in [9.17, 15) is 19.5 Å². The standard InChI is InChI=1S/C47H46Cl2N4O7/c1-27-28(2)50-18-17-37(27)31-10-7-29(8-11-31)20-40(46(55)56)52-45(54)41-21-33-22-42-43(23-34(33)24-53(41)47(57)51-35-5-3-4-6-35)60-44(26-59-42)32-12-14-36(15-13-32)58-25-30-9-16-38(48)39(49)19-30/h7-19,22-23,35,40-41,44H,3-6,20-21,24-26H2,1-2H3,(H,51,57)(H,52,54)(H,55,56)/t40-,41-,44+/m0/s1. The predicted molar refractivity (Wildman–Crippen MR) is 229 cm³/mol. The molecule has 1 saturated carbocycles. The first kappa shape index (κ1) is 41.0. The number of carboxylic acid groups (broad SMARTS) is 1. The number of nitrogens with one attached hydrogen (secondary N) is 2. The number of aromatic nitrogens is 1. The number of halogens is 2. The number of aryl methyl sites for hydroxylation is 1. The Labute approximate surface area is 359 Å². The molecule has 5 aromatic rings. The van der Waals surface area contributed by atoms with Crippen molar-refractivity contribution in [2.24, 2.45) is 0 Å². The number of amides is 3. The van der Waals surface area contributed by atoms with Gasteiger partial charge in [0.25, 0.3) is 0 Å². The van der Waals surface area contributed by atoms with E-state index >= 15 is 0 Å². The third-order valence-electron chi connectivity index (χ3n) is 11.7. The molecule has 0 spiro atoms. The van der Waals surface area contributed by atoms with Crippen LogP contribution in [-0.4, -0.2) is 57.6 Å². The second kappa shape index (κ2) is 17.8. The molecular weight excluding hydrogens is 803 g/mol. The minimum Gasteiger partial charge on any atom is -0.489 e. The number of nitrogens with zero attached hydrogens (tertiary/aromatic N) is 2. The lowest BCUT2D eigenvalue weighted by Gasteiger charge is -2.38. The van der Waals surface area contributed by atoms with E-state index in [-0.39, 0.29) is 38.1 Å². The van der Waals surface area contributed by atoms with Crippen molar-refractivity contribution in [3.05, 3.63) is 140 Å². The van der Waals surface area contributed by atoms with Crippen LogP contribution in [0.15, 0.2) is 91.1 Å². The van der Waals surface area contributed by atoms with Crippen molar-refractivity contribution in [3.63, 3.8) is 0 Å². The average Bonchev–Trinajstić information content (AvgIpc) is 3.77. The van der Waals surface area contributed by atoms with Gasteiger partial charge in [0.15, 0.2) is 17.6 Å². The maximum atomic E-state index is 14.1. The average molecular weight is 850 g/mol. The monoisotopic (exact) mass is 848 g/mol. The van der Waals surface area contributed by atoms with Crippen LogP contribution >= 0.6 is 23.2 Å². The number of carbonyl (C=O) groups is 3. The Morgan fingerprint density at radius 2 is 1.63 bits per heavy atom. The fourth-order valence-corrected chi connectivity index (χ4v) is 8.46. The third-order valence-corrected chi connectivity index (χ3v) is 12.5. The molecule has 3 heterocycles. The number of aliphatic carboxylic acids is 1. The fourth-order valence-electron chi connectivity index (χ4n) is 8.14. The van der Waals surface area contributed by atoms with Crippen molar-refractivity contribution in [1.29, 1.82) is 0 Å². The Kier molecular flexibility index (Phi) is 12.2. The van der Waals surface area contributed by atoms with Gasteiger partial charge in [-0.3, -0.25) is 9.78 Å².